The SMILES string of the molecule is CCCCC(=O)c1ccc(O)c(OCC)c1. The summed E-state index contributed by atoms with van der Waals surface area (Å²) in [7, 11) is 0. The first-order valence-electron chi connectivity index (χ1n) is 5.68. The van der Waals surface area contributed by atoms with Crippen LogP contribution in [0.2, 0.25) is 0 Å². The lowest BCUT2D eigenvalue weighted by atomic mass is 10.1. The Labute approximate surface area is 96.1 Å². The molecular weight excluding hydrogens is 204 g/mol. The molecular formula is C13H18O3. The summed E-state index contributed by atoms with van der Waals surface area (Å²) in [4.78, 5) is 11.7. The van der Waals surface area contributed by atoms with Gasteiger partial charge in [-0.05, 0) is 31.5 Å². The van der Waals surface area contributed by atoms with Gasteiger partial charge in [0.15, 0.2) is 17.3 Å². The fourth-order valence-electron chi connectivity index (χ4n) is 1.44. The lowest BCUT2D eigenvalue weighted by molar-refractivity contribution is 0.0979. The number of hydrogen-bond acceptors (Lipinski definition) is 3. The molecule has 0 aliphatic carbocycles. The van der Waals surface area contributed by atoms with Crippen LogP contribution in [-0.2, 0) is 0 Å². The summed E-state index contributed by atoms with van der Waals surface area (Å²) in [5.74, 6) is 0.557. The number of hydrogen-bond donors (Lipinski definition) is 1. The van der Waals surface area contributed by atoms with Crippen molar-refractivity contribution in [3.05, 3.63) is 23.8 Å². The molecule has 1 rings (SSSR count). The minimum absolute atomic E-state index is 0.0777. The number of ketones is 1. The van der Waals surface area contributed by atoms with E-state index in [4.69, 9.17) is 4.74 Å². The van der Waals surface area contributed by atoms with Gasteiger partial charge in [-0.15, -0.1) is 0 Å². The smallest absolute Gasteiger partial charge is 0.163 e. The molecule has 0 fully saturated rings. The molecule has 88 valence electrons. The van der Waals surface area contributed by atoms with Crippen molar-refractivity contribution in [2.75, 3.05) is 6.61 Å². The summed E-state index contributed by atoms with van der Waals surface area (Å²) in [5.41, 5.74) is 0.606. The molecule has 3 heteroatoms. The molecule has 0 aliphatic heterocycles. The zero-order chi connectivity index (χ0) is 12.0. The fourth-order valence-corrected chi connectivity index (χ4v) is 1.44. The molecule has 1 N–H and O–H groups in total. The Morgan fingerprint density at radius 3 is 2.75 bits per heavy atom. The van der Waals surface area contributed by atoms with Crippen molar-refractivity contribution in [2.24, 2.45) is 0 Å². The number of phenols is 1. The molecule has 3 nitrogen and oxygen atoms in total. The van der Waals surface area contributed by atoms with Gasteiger partial charge in [-0.3, -0.25) is 4.79 Å². The third kappa shape index (κ3) is 3.26. The van der Waals surface area contributed by atoms with Crippen LogP contribution >= 0.6 is 0 Å². The average molecular weight is 222 g/mol. The minimum atomic E-state index is 0.0777. The molecule has 0 spiro atoms. The summed E-state index contributed by atoms with van der Waals surface area (Å²) >= 11 is 0. The van der Waals surface area contributed by atoms with Gasteiger partial charge >= 0.3 is 0 Å². The van der Waals surface area contributed by atoms with Gasteiger partial charge in [0, 0.05) is 12.0 Å². The summed E-state index contributed by atoms with van der Waals surface area (Å²) < 4.78 is 5.23. The van der Waals surface area contributed by atoms with Crippen LogP contribution in [0.5, 0.6) is 11.5 Å². The van der Waals surface area contributed by atoms with Gasteiger partial charge in [0.1, 0.15) is 0 Å². The van der Waals surface area contributed by atoms with Crippen LogP contribution in [0, 0.1) is 0 Å². The van der Waals surface area contributed by atoms with Crippen LogP contribution in [0.4, 0.5) is 0 Å². The second kappa shape index (κ2) is 6.16. The first-order valence-corrected chi connectivity index (χ1v) is 5.68. The van der Waals surface area contributed by atoms with Crippen molar-refractivity contribution in [1.82, 2.24) is 0 Å². The van der Waals surface area contributed by atoms with E-state index in [0.717, 1.165) is 12.8 Å². The van der Waals surface area contributed by atoms with Crippen molar-refractivity contribution in [3.63, 3.8) is 0 Å². The van der Waals surface area contributed by atoms with Gasteiger partial charge in [-0.2, -0.15) is 0 Å². The van der Waals surface area contributed by atoms with E-state index in [2.05, 4.69) is 6.92 Å². The highest BCUT2D eigenvalue weighted by molar-refractivity contribution is 5.96. The predicted octanol–water partition coefficient (Wildman–Crippen LogP) is 3.16. The molecule has 0 unspecified atom stereocenters. The van der Waals surface area contributed by atoms with Crippen LogP contribution in [0.15, 0.2) is 18.2 Å². The number of phenolic OH excluding ortho intramolecular Hbond substituents is 1. The molecule has 0 amide bonds. The Bertz CT molecular complexity index is 358. The molecule has 0 saturated carbocycles. The van der Waals surface area contributed by atoms with E-state index in [1.54, 1.807) is 12.1 Å². The number of carbonyl (C=O) groups is 1. The van der Waals surface area contributed by atoms with Crippen LogP contribution < -0.4 is 4.74 Å². The molecule has 0 aromatic heterocycles. The largest absolute Gasteiger partial charge is 0.504 e. The lowest BCUT2D eigenvalue weighted by Crippen LogP contribution is -2.00. The van der Waals surface area contributed by atoms with Gasteiger partial charge in [-0.1, -0.05) is 13.3 Å². The molecule has 0 saturated heterocycles. The first kappa shape index (κ1) is 12.6. The van der Waals surface area contributed by atoms with E-state index in [1.807, 2.05) is 6.92 Å². The van der Waals surface area contributed by atoms with E-state index in [0.29, 0.717) is 24.3 Å². The third-order valence-corrected chi connectivity index (χ3v) is 2.34. The molecule has 0 radical (unpaired) electrons. The standard InChI is InChI=1S/C13H18O3/c1-3-5-6-11(14)10-7-8-12(15)13(9-10)16-4-2/h7-9,15H,3-6H2,1-2H3. The first-order chi connectivity index (χ1) is 7.69. The lowest BCUT2D eigenvalue weighted by Gasteiger charge is -2.07. The second-order valence-electron chi connectivity index (χ2n) is 3.64. The Kier molecular flexibility index (Phi) is 4.83. The topological polar surface area (TPSA) is 46.5 Å². The maximum atomic E-state index is 11.7. The van der Waals surface area contributed by atoms with Crippen molar-refractivity contribution in [1.29, 1.82) is 0 Å². The maximum absolute atomic E-state index is 11.7. The maximum Gasteiger partial charge on any atom is 0.163 e. The third-order valence-electron chi connectivity index (χ3n) is 2.34. The second-order valence-corrected chi connectivity index (χ2v) is 3.64. The molecule has 0 heterocycles. The Morgan fingerprint density at radius 2 is 2.12 bits per heavy atom. The number of rotatable bonds is 6. The quantitative estimate of drug-likeness (QED) is 0.752. The summed E-state index contributed by atoms with van der Waals surface area (Å²) in [6.07, 6.45) is 2.44. The molecule has 1 aromatic carbocycles. The molecule has 1 aromatic rings. The highest BCUT2D eigenvalue weighted by Gasteiger charge is 2.09. The van der Waals surface area contributed by atoms with Crippen molar-refractivity contribution < 1.29 is 14.6 Å². The summed E-state index contributed by atoms with van der Waals surface area (Å²) in [5, 5.41) is 9.49. The van der Waals surface area contributed by atoms with Gasteiger partial charge in [0.25, 0.3) is 0 Å². The van der Waals surface area contributed by atoms with Crippen LogP contribution in [0.1, 0.15) is 43.5 Å². The van der Waals surface area contributed by atoms with Crippen molar-refractivity contribution >= 4 is 5.78 Å². The number of unbranched alkanes of at least 4 members (excludes halogenated alkanes) is 1. The van der Waals surface area contributed by atoms with Crippen LogP contribution in [0.3, 0.4) is 0 Å². The van der Waals surface area contributed by atoms with Crippen molar-refractivity contribution in [2.45, 2.75) is 33.1 Å². The predicted molar refractivity (Wildman–Crippen MR) is 63.1 cm³/mol. The van der Waals surface area contributed by atoms with Gasteiger partial charge in [-0.25, -0.2) is 0 Å². The van der Waals surface area contributed by atoms with E-state index < -0.39 is 0 Å². The van der Waals surface area contributed by atoms with E-state index in [1.165, 1.54) is 6.07 Å². The van der Waals surface area contributed by atoms with Gasteiger partial charge < -0.3 is 9.84 Å². The van der Waals surface area contributed by atoms with Gasteiger partial charge in [0.2, 0.25) is 0 Å². The van der Waals surface area contributed by atoms with E-state index in [-0.39, 0.29) is 11.5 Å². The average Bonchev–Trinajstić information content (AvgIpc) is 2.29. The number of carbonyl (C=O) groups excluding carboxylic acids is 1. The monoisotopic (exact) mass is 222 g/mol. The Balaban J connectivity index is 2.81. The summed E-state index contributed by atoms with van der Waals surface area (Å²) in [6.45, 7) is 4.36. The van der Waals surface area contributed by atoms with Crippen LogP contribution in [0.25, 0.3) is 0 Å². The highest BCUT2D eigenvalue weighted by atomic mass is 16.5. The fraction of sp³-hybridized carbons (Fsp3) is 0.462. The Morgan fingerprint density at radius 1 is 1.38 bits per heavy atom. The highest BCUT2D eigenvalue weighted by Crippen LogP contribution is 2.27. The number of aromatic hydroxyl groups is 1. The normalized spacial score (nSPS) is 10.1. The number of Topliss-reactive ketones (excluding diaryl/α,β-unsaturated/α-hetero) is 1. The van der Waals surface area contributed by atoms with Crippen LogP contribution in [-0.4, -0.2) is 17.5 Å². The number of ether oxygens (including phenoxy) is 1. The zero-order valence-electron chi connectivity index (χ0n) is 9.82. The minimum Gasteiger partial charge on any atom is -0.504 e. The van der Waals surface area contributed by atoms with Crippen molar-refractivity contribution in [3.8, 4) is 11.5 Å². The summed E-state index contributed by atoms with van der Waals surface area (Å²) in [6, 6.07) is 4.75. The van der Waals surface area contributed by atoms with Gasteiger partial charge in [0.05, 0.1) is 6.61 Å². The molecule has 16 heavy (non-hydrogen) atoms. The van der Waals surface area contributed by atoms with E-state index in [9.17, 15) is 9.90 Å². The molecule has 0 bridgehead atoms. The molecule has 0 aliphatic rings. The Hall–Kier alpha value is -1.51. The molecule has 0 atom stereocenters. The number of benzene rings is 1. The zero-order valence-corrected chi connectivity index (χ0v) is 9.82. The van der Waals surface area contributed by atoms with E-state index >= 15 is 0 Å².